The van der Waals surface area contributed by atoms with E-state index in [1.807, 2.05) is 7.05 Å². The topological polar surface area (TPSA) is 36.9 Å². The molecule has 0 aliphatic heterocycles. The van der Waals surface area contributed by atoms with Gasteiger partial charge in [0.1, 0.15) is 0 Å². The number of aryl methyl sites for hydroxylation is 1. The third kappa shape index (κ3) is 5.34. The van der Waals surface area contributed by atoms with Crippen LogP contribution in [0.25, 0.3) is 0 Å². The van der Waals surface area contributed by atoms with Gasteiger partial charge in [0, 0.05) is 33.8 Å². The average Bonchev–Trinajstić information content (AvgIpc) is 3.37. The molecule has 0 aromatic heterocycles. The number of rotatable bonds is 8. The lowest BCUT2D eigenvalue weighted by atomic mass is 10.1. The van der Waals surface area contributed by atoms with Gasteiger partial charge in [0.15, 0.2) is 5.96 Å². The Morgan fingerprint density at radius 3 is 2.68 bits per heavy atom. The van der Waals surface area contributed by atoms with Gasteiger partial charge in [0.05, 0.1) is 6.61 Å². The van der Waals surface area contributed by atoms with E-state index in [1.165, 1.54) is 24.0 Å². The van der Waals surface area contributed by atoms with Crippen molar-refractivity contribution in [1.29, 1.82) is 0 Å². The summed E-state index contributed by atoms with van der Waals surface area (Å²) in [6, 6.07) is 8.56. The van der Waals surface area contributed by atoms with Gasteiger partial charge < -0.3 is 15.0 Å². The second-order valence-electron chi connectivity index (χ2n) is 5.96. The first kappa shape index (κ1) is 16.8. The lowest BCUT2D eigenvalue weighted by Gasteiger charge is -2.22. The van der Waals surface area contributed by atoms with Crippen LogP contribution in [0.2, 0.25) is 0 Å². The lowest BCUT2D eigenvalue weighted by molar-refractivity contribution is 0.115. The van der Waals surface area contributed by atoms with Crippen LogP contribution >= 0.6 is 0 Å². The first-order valence-electron chi connectivity index (χ1n) is 8.31. The van der Waals surface area contributed by atoms with Gasteiger partial charge in [-0.1, -0.05) is 31.2 Å². The highest BCUT2D eigenvalue weighted by Gasteiger charge is 2.21. The van der Waals surface area contributed by atoms with Crippen LogP contribution in [0.15, 0.2) is 29.3 Å². The Labute approximate surface area is 134 Å². The van der Waals surface area contributed by atoms with E-state index in [4.69, 9.17) is 4.74 Å². The Morgan fingerprint density at radius 1 is 1.32 bits per heavy atom. The molecule has 0 radical (unpaired) electrons. The Morgan fingerprint density at radius 2 is 2.05 bits per heavy atom. The van der Waals surface area contributed by atoms with E-state index in [2.05, 4.69) is 53.4 Å². The van der Waals surface area contributed by atoms with E-state index in [-0.39, 0.29) is 0 Å². The van der Waals surface area contributed by atoms with Gasteiger partial charge in [-0.25, -0.2) is 0 Å². The van der Waals surface area contributed by atoms with Crippen LogP contribution in [-0.2, 0) is 17.7 Å². The predicted octanol–water partition coefficient (Wildman–Crippen LogP) is 2.68. The Balaban J connectivity index is 1.75. The zero-order valence-corrected chi connectivity index (χ0v) is 14.1. The van der Waals surface area contributed by atoms with Gasteiger partial charge in [0.2, 0.25) is 0 Å². The van der Waals surface area contributed by atoms with Gasteiger partial charge in [-0.05, 0) is 36.3 Å². The van der Waals surface area contributed by atoms with Crippen LogP contribution in [0.5, 0.6) is 0 Å². The summed E-state index contributed by atoms with van der Waals surface area (Å²) in [7, 11) is 3.89. The quantitative estimate of drug-likeness (QED) is 0.456. The molecule has 0 atom stereocenters. The van der Waals surface area contributed by atoms with Crippen LogP contribution in [0.1, 0.15) is 30.9 Å². The molecular weight excluding hydrogens is 274 g/mol. The third-order valence-electron chi connectivity index (χ3n) is 4.13. The van der Waals surface area contributed by atoms with Crippen molar-refractivity contribution in [3.05, 3.63) is 35.4 Å². The van der Waals surface area contributed by atoms with Gasteiger partial charge in [-0.15, -0.1) is 0 Å². The summed E-state index contributed by atoms with van der Waals surface area (Å²) in [5.41, 5.74) is 2.73. The van der Waals surface area contributed by atoms with Crippen molar-refractivity contribution in [2.45, 2.75) is 32.7 Å². The molecule has 0 unspecified atom stereocenters. The summed E-state index contributed by atoms with van der Waals surface area (Å²) in [4.78, 5) is 6.49. The van der Waals surface area contributed by atoms with Crippen molar-refractivity contribution in [2.24, 2.45) is 10.9 Å². The Hall–Kier alpha value is -1.55. The van der Waals surface area contributed by atoms with Crippen LogP contribution in [0.4, 0.5) is 0 Å². The number of guanidine groups is 1. The summed E-state index contributed by atoms with van der Waals surface area (Å²) in [5.74, 6) is 1.74. The molecule has 1 N–H and O–H groups in total. The van der Waals surface area contributed by atoms with E-state index >= 15 is 0 Å². The van der Waals surface area contributed by atoms with Crippen molar-refractivity contribution in [1.82, 2.24) is 10.2 Å². The molecule has 0 amide bonds. The van der Waals surface area contributed by atoms with E-state index in [1.54, 1.807) is 0 Å². The monoisotopic (exact) mass is 303 g/mol. The Bertz CT molecular complexity index is 483. The zero-order chi connectivity index (χ0) is 15.8. The molecule has 1 saturated carbocycles. The predicted molar refractivity (Wildman–Crippen MR) is 92.2 cm³/mol. The standard InChI is InChI=1S/C18H29N3O/c1-4-16-7-5-6-8-17(16)13-20-18(19-2)21(3)11-12-22-14-15-9-10-15/h5-8,15H,4,9-14H2,1-3H3,(H,19,20). The second-order valence-corrected chi connectivity index (χ2v) is 5.96. The van der Waals surface area contributed by atoms with Crippen molar-refractivity contribution >= 4 is 5.96 Å². The molecule has 0 saturated heterocycles. The molecule has 4 heteroatoms. The molecule has 1 aromatic carbocycles. The minimum Gasteiger partial charge on any atom is -0.379 e. The summed E-state index contributed by atoms with van der Waals surface area (Å²) in [5, 5.41) is 3.44. The SMILES string of the molecule is CCc1ccccc1CNC(=NC)N(C)CCOCC1CC1. The molecule has 122 valence electrons. The minimum absolute atomic E-state index is 0.763. The van der Waals surface area contributed by atoms with Crippen molar-refractivity contribution in [3.63, 3.8) is 0 Å². The Kier molecular flexibility index (Phi) is 6.72. The van der Waals surface area contributed by atoms with Crippen LogP contribution in [0.3, 0.4) is 0 Å². The van der Waals surface area contributed by atoms with Crippen molar-refractivity contribution in [3.8, 4) is 0 Å². The molecule has 0 bridgehead atoms. The smallest absolute Gasteiger partial charge is 0.193 e. The number of likely N-dealkylation sites (N-methyl/N-ethyl adjacent to an activating group) is 1. The third-order valence-corrected chi connectivity index (χ3v) is 4.13. The van der Waals surface area contributed by atoms with Crippen molar-refractivity contribution in [2.75, 3.05) is 33.9 Å². The maximum Gasteiger partial charge on any atom is 0.193 e. The normalized spacial score (nSPS) is 15.0. The number of nitrogens with one attached hydrogen (secondary N) is 1. The molecule has 0 heterocycles. The molecule has 2 rings (SSSR count). The number of hydrogen-bond donors (Lipinski definition) is 1. The fraction of sp³-hybridized carbons (Fsp3) is 0.611. The number of aliphatic imine (C=N–C) groups is 1. The highest BCUT2D eigenvalue weighted by Crippen LogP contribution is 2.28. The number of hydrogen-bond acceptors (Lipinski definition) is 2. The second kappa shape index (κ2) is 8.79. The van der Waals surface area contributed by atoms with Crippen molar-refractivity contribution < 1.29 is 4.74 Å². The molecule has 1 fully saturated rings. The zero-order valence-electron chi connectivity index (χ0n) is 14.1. The first-order chi connectivity index (χ1) is 10.7. The van der Waals surface area contributed by atoms with E-state index in [9.17, 15) is 0 Å². The molecule has 1 aliphatic carbocycles. The van der Waals surface area contributed by atoms with Gasteiger partial charge in [0.25, 0.3) is 0 Å². The van der Waals surface area contributed by atoms with E-state index in [0.29, 0.717) is 0 Å². The maximum absolute atomic E-state index is 5.70. The number of benzene rings is 1. The molecule has 1 aliphatic rings. The molecular formula is C18H29N3O. The van der Waals surface area contributed by atoms with Gasteiger partial charge >= 0.3 is 0 Å². The molecule has 0 spiro atoms. The number of ether oxygens (including phenoxy) is 1. The highest BCUT2D eigenvalue weighted by atomic mass is 16.5. The summed E-state index contributed by atoms with van der Waals surface area (Å²) in [6.45, 7) is 5.55. The highest BCUT2D eigenvalue weighted by molar-refractivity contribution is 5.79. The molecule has 4 nitrogen and oxygen atoms in total. The summed E-state index contributed by atoms with van der Waals surface area (Å²) >= 11 is 0. The van der Waals surface area contributed by atoms with E-state index < -0.39 is 0 Å². The van der Waals surface area contributed by atoms with Crippen LogP contribution in [0, 0.1) is 5.92 Å². The lowest BCUT2D eigenvalue weighted by Crippen LogP contribution is -2.40. The largest absolute Gasteiger partial charge is 0.379 e. The van der Waals surface area contributed by atoms with Crippen LogP contribution in [-0.4, -0.2) is 44.7 Å². The molecule has 22 heavy (non-hydrogen) atoms. The fourth-order valence-electron chi connectivity index (χ4n) is 2.48. The van der Waals surface area contributed by atoms with Crippen LogP contribution < -0.4 is 5.32 Å². The minimum atomic E-state index is 0.763. The fourth-order valence-corrected chi connectivity index (χ4v) is 2.48. The average molecular weight is 303 g/mol. The van der Waals surface area contributed by atoms with Gasteiger partial charge in [-0.3, -0.25) is 4.99 Å². The summed E-state index contributed by atoms with van der Waals surface area (Å²) < 4.78 is 5.70. The number of nitrogens with zero attached hydrogens (tertiary/aromatic N) is 2. The first-order valence-corrected chi connectivity index (χ1v) is 8.31. The van der Waals surface area contributed by atoms with Gasteiger partial charge in [-0.2, -0.15) is 0 Å². The summed E-state index contributed by atoms with van der Waals surface area (Å²) in [6.07, 6.45) is 3.74. The maximum atomic E-state index is 5.70. The van der Waals surface area contributed by atoms with E-state index in [0.717, 1.165) is 44.6 Å². The molecule has 1 aromatic rings.